The molecule has 0 saturated carbocycles. The molecule has 5 rings (SSSR count). The Bertz CT molecular complexity index is 1310. The second kappa shape index (κ2) is 10.7. The van der Waals surface area contributed by atoms with Crippen molar-refractivity contribution in [3.63, 3.8) is 0 Å². The van der Waals surface area contributed by atoms with Crippen molar-refractivity contribution in [1.29, 1.82) is 0 Å². The quantitative estimate of drug-likeness (QED) is 0.357. The summed E-state index contributed by atoms with van der Waals surface area (Å²) in [5.74, 6) is -0.470. The minimum Gasteiger partial charge on any atom is -0.493 e. The summed E-state index contributed by atoms with van der Waals surface area (Å²) in [5.41, 5.74) is 2.29. The van der Waals surface area contributed by atoms with E-state index in [0.717, 1.165) is 5.56 Å². The van der Waals surface area contributed by atoms with Gasteiger partial charge < -0.3 is 29.0 Å². The van der Waals surface area contributed by atoms with Gasteiger partial charge in [-0.05, 0) is 47.4 Å². The van der Waals surface area contributed by atoms with Gasteiger partial charge in [0.15, 0.2) is 23.0 Å². The van der Waals surface area contributed by atoms with Crippen LogP contribution in [0.15, 0.2) is 60.7 Å². The molecule has 37 heavy (non-hydrogen) atoms. The molecule has 1 N–H and O–H groups in total. The normalized spacial score (nSPS) is 17.9. The number of fused-ring (bicyclic) bond motifs is 2. The van der Waals surface area contributed by atoms with Gasteiger partial charge in [0, 0.05) is 17.4 Å². The SMILES string of the molecule is COc1cc2c(cc1OCc1ccccc1)[C@@H](C(=O)O)[C@@H](c1ccc3c(c1)OCO3)N(CCCBr)C2=O. The van der Waals surface area contributed by atoms with E-state index in [-0.39, 0.29) is 19.3 Å². The number of carbonyl (C=O) groups excluding carboxylic acids is 1. The average Bonchev–Trinajstić information content (AvgIpc) is 3.39. The summed E-state index contributed by atoms with van der Waals surface area (Å²) in [6.07, 6.45) is 0.657. The number of halogens is 1. The third-order valence-electron chi connectivity index (χ3n) is 6.59. The van der Waals surface area contributed by atoms with Gasteiger partial charge in [0.2, 0.25) is 6.79 Å². The molecule has 0 bridgehead atoms. The monoisotopic (exact) mass is 567 g/mol. The first-order valence-electron chi connectivity index (χ1n) is 11.9. The lowest BCUT2D eigenvalue weighted by atomic mass is 9.79. The van der Waals surface area contributed by atoms with Gasteiger partial charge in [0.05, 0.1) is 13.2 Å². The van der Waals surface area contributed by atoms with Crippen molar-refractivity contribution in [3.05, 3.63) is 82.9 Å². The predicted octanol–water partition coefficient (Wildman–Crippen LogP) is 5.15. The zero-order valence-corrected chi connectivity index (χ0v) is 21.8. The number of nitrogens with zero attached hydrogens (tertiary/aromatic N) is 1. The third kappa shape index (κ3) is 4.83. The number of aliphatic carboxylic acids is 1. The smallest absolute Gasteiger partial charge is 0.313 e. The highest BCUT2D eigenvalue weighted by atomic mass is 79.9. The highest BCUT2D eigenvalue weighted by Crippen LogP contribution is 2.48. The Hall–Kier alpha value is -3.72. The van der Waals surface area contributed by atoms with Crippen LogP contribution in [0.25, 0.3) is 0 Å². The second-order valence-electron chi connectivity index (χ2n) is 8.78. The van der Waals surface area contributed by atoms with Gasteiger partial charge in [0.25, 0.3) is 5.91 Å². The van der Waals surface area contributed by atoms with Gasteiger partial charge in [0.1, 0.15) is 12.5 Å². The molecule has 3 aromatic carbocycles. The molecule has 0 radical (unpaired) electrons. The van der Waals surface area contributed by atoms with Gasteiger partial charge in [-0.2, -0.15) is 0 Å². The van der Waals surface area contributed by atoms with E-state index in [1.807, 2.05) is 30.3 Å². The van der Waals surface area contributed by atoms with E-state index in [2.05, 4.69) is 15.9 Å². The maximum atomic E-state index is 13.8. The molecular formula is C28H26BrNO7. The second-order valence-corrected chi connectivity index (χ2v) is 9.57. The predicted molar refractivity (Wildman–Crippen MR) is 139 cm³/mol. The summed E-state index contributed by atoms with van der Waals surface area (Å²) in [7, 11) is 1.50. The van der Waals surface area contributed by atoms with Crippen molar-refractivity contribution in [2.75, 3.05) is 25.8 Å². The molecule has 0 fully saturated rings. The molecule has 0 aromatic heterocycles. The Morgan fingerprint density at radius 1 is 1.08 bits per heavy atom. The lowest BCUT2D eigenvalue weighted by molar-refractivity contribution is -0.140. The van der Waals surface area contributed by atoms with Crippen LogP contribution in [-0.2, 0) is 11.4 Å². The zero-order valence-electron chi connectivity index (χ0n) is 20.2. The fraction of sp³-hybridized carbons (Fsp3) is 0.286. The molecule has 9 heteroatoms. The lowest BCUT2D eigenvalue weighted by Gasteiger charge is -2.41. The van der Waals surface area contributed by atoms with Crippen LogP contribution in [0, 0.1) is 0 Å². The molecule has 192 valence electrons. The number of benzene rings is 3. The zero-order chi connectivity index (χ0) is 25.9. The standard InChI is InChI=1S/C28H26BrNO7/c1-34-22-14-20-19(13-24(22)35-15-17-6-3-2-4-7-17)25(28(32)33)26(30(27(20)31)11-5-10-29)18-8-9-21-23(12-18)37-16-36-21/h2-4,6-9,12-14,25-26H,5,10-11,15-16H2,1H3,(H,32,33)/t25-,26-/m1/s1. The summed E-state index contributed by atoms with van der Waals surface area (Å²) >= 11 is 3.43. The number of methoxy groups -OCH3 is 1. The van der Waals surface area contributed by atoms with Crippen LogP contribution >= 0.6 is 15.9 Å². The van der Waals surface area contributed by atoms with Crippen LogP contribution in [0.5, 0.6) is 23.0 Å². The highest BCUT2D eigenvalue weighted by Gasteiger charge is 2.45. The molecule has 2 heterocycles. The first-order valence-corrected chi connectivity index (χ1v) is 13.0. The Balaban J connectivity index is 1.60. The topological polar surface area (TPSA) is 94.5 Å². The van der Waals surface area contributed by atoms with Crippen LogP contribution in [-0.4, -0.2) is 47.7 Å². The molecular weight excluding hydrogens is 542 g/mol. The van der Waals surface area contributed by atoms with Crippen molar-refractivity contribution in [2.24, 2.45) is 0 Å². The largest absolute Gasteiger partial charge is 0.493 e. The Morgan fingerprint density at radius 2 is 1.86 bits per heavy atom. The van der Waals surface area contributed by atoms with E-state index in [9.17, 15) is 14.7 Å². The van der Waals surface area contributed by atoms with Gasteiger partial charge >= 0.3 is 5.97 Å². The molecule has 2 aliphatic rings. The van der Waals surface area contributed by atoms with E-state index >= 15 is 0 Å². The fourth-order valence-electron chi connectivity index (χ4n) is 4.87. The number of carboxylic acids is 1. The molecule has 0 aliphatic carbocycles. The number of ether oxygens (including phenoxy) is 4. The molecule has 2 atom stereocenters. The summed E-state index contributed by atoms with van der Waals surface area (Å²) in [4.78, 5) is 28.3. The molecule has 0 saturated heterocycles. The number of carbonyl (C=O) groups is 2. The minimum atomic E-state index is -1.04. The number of hydrogen-bond donors (Lipinski definition) is 1. The molecule has 1 amide bonds. The van der Waals surface area contributed by atoms with E-state index in [4.69, 9.17) is 18.9 Å². The van der Waals surface area contributed by atoms with Crippen molar-refractivity contribution in [1.82, 2.24) is 4.90 Å². The Labute approximate surface area is 222 Å². The molecule has 2 aliphatic heterocycles. The number of hydrogen-bond acceptors (Lipinski definition) is 6. The summed E-state index contributed by atoms with van der Waals surface area (Å²) in [5, 5.41) is 11.2. The first-order chi connectivity index (χ1) is 18.0. The van der Waals surface area contributed by atoms with Crippen LogP contribution in [0.1, 0.15) is 45.4 Å². The minimum absolute atomic E-state index is 0.1000. The number of amides is 1. The number of rotatable bonds is 9. The van der Waals surface area contributed by atoms with Crippen molar-refractivity contribution in [3.8, 4) is 23.0 Å². The lowest BCUT2D eigenvalue weighted by Crippen LogP contribution is -2.45. The van der Waals surface area contributed by atoms with Crippen LogP contribution < -0.4 is 18.9 Å². The fourth-order valence-corrected chi connectivity index (χ4v) is 5.12. The molecule has 0 spiro atoms. The summed E-state index contributed by atoms with van der Waals surface area (Å²) in [6, 6.07) is 17.4. The molecule has 0 unspecified atom stereocenters. The van der Waals surface area contributed by atoms with Crippen LogP contribution in [0.2, 0.25) is 0 Å². The molecule has 3 aromatic rings. The maximum absolute atomic E-state index is 13.8. The summed E-state index contributed by atoms with van der Waals surface area (Å²) < 4.78 is 22.6. The van der Waals surface area contributed by atoms with Crippen molar-refractivity contribution in [2.45, 2.75) is 25.0 Å². The van der Waals surface area contributed by atoms with Gasteiger partial charge in [-0.3, -0.25) is 9.59 Å². The molecule has 8 nitrogen and oxygen atoms in total. The van der Waals surface area contributed by atoms with Crippen LogP contribution in [0.3, 0.4) is 0 Å². The average molecular weight is 568 g/mol. The van der Waals surface area contributed by atoms with Crippen LogP contribution in [0.4, 0.5) is 0 Å². The summed E-state index contributed by atoms with van der Waals surface area (Å²) in [6.45, 7) is 0.744. The Morgan fingerprint density at radius 3 is 2.59 bits per heavy atom. The number of carboxylic acid groups (broad SMARTS) is 1. The first kappa shape index (κ1) is 25.0. The number of alkyl halides is 1. The maximum Gasteiger partial charge on any atom is 0.313 e. The van der Waals surface area contributed by atoms with Crippen molar-refractivity contribution >= 4 is 27.8 Å². The van der Waals surface area contributed by atoms with Gasteiger partial charge in [-0.1, -0.05) is 52.3 Å². The van der Waals surface area contributed by atoms with E-state index in [1.54, 1.807) is 35.2 Å². The van der Waals surface area contributed by atoms with E-state index < -0.39 is 17.9 Å². The highest BCUT2D eigenvalue weighted by molar-refractivity contribution is 9.09. The Kier molecular flexibility index (Phi) is 7.23. The third-order valence-corrected chi connectivity index (χ3v) is 7.15. The van der Waals surface area contributed by atoms with Gasteiger partial charge in [-0.25, -0.2) is 0 Å². The van der Waals surface area contributed by atoms with E-state index in [1.165, 1.54) is 7.11 Å². The van der Waals surface area contributed by atoms with E-state index in [0.29, 0.717) is 58.0 Å². The van der Waals surface area contributed by atoms with Gasteiger partial charge in [-0.15, -0.1) is 0 Å². The van der Waals surface area contributed by atoms with Crippen molar-refractivity contribution < 1.29 is 33.6 Å².